The summed E-state index contributed by atoms with van der Waals surface area (Å²) in [5.41, 5.74) is -0.350. The number of nitrogens with one attached hydrogen (secondary N) is 1. The number of hydrogen-bond acceptors (Lipinski definition) is 2. The highest BCUT2D eigenvalue weighted by Crippen LogP contribution is 2.26. The molecule has 2 fully saturated rings. The molecule has 3 nitrogen and oxygen atoms in total. The second-order valence-corrected chi connectivity index (χ2v) is 5.45. The summed E-state index contributed by atoms with van der Waals surface area (Å²) in [5.74, 6) is 1.04. The molecule has 0 aromatic heterocycles. The van der Waals surface area contributed by atoms with Crippen LogP contribution in [-0.2, 0) is 4.79 Å². The normalized spacial score (nSPS) is 27.3. The van der Waals surface area contributed by atoms with Crippen LogP contribution in [0.25, 0.3) is 0 Å². The first-order valence-electron chi connectivity index (χ1n) is 6.14. The number of carbonyl (C=O) groups excluding carboxylic acids is 1. The number of nitrogens with zero attached hydrogens (tertiary/aromatic N) is 1. The zero-order valence-electron chi connectivity index (χ0n) is 9.88. The SMILES string of the molecule is CC1(C)NCCN(CC2CCCC2)C1=O. The molecule has 0 aromatic rings. The average molecular weight is 210 g/mol. The minimum Gasteiger partial charge on any atom is -0.340 e. The molecule has 1 saturated carbocycles. The molecule has 0 aromatic carbocycles. The van der Waals surface area contributed by atoms with Crippen LogP contribution >= 0.6 is 0 Å². The van der Waals surface area contributed by atoms with E-state index in [4.69, 9.17) is 0 Å². The molecule has 0 radical (unpaired) electrons. The topological polar surface area (TPSA) is 32.3 Å². The first-order chi connectivity index (χ1) is 7.09. The molecule has 1 saturated heterocycles. The van der Waals surface area contributed by atoms with Crippen LogP contribution in [0.4, 0.5) is 0 Å². The highest BCUT2D eigenvalue weighted by molar-refractivity contribution is 5.86. The molecule has 1 aliphatic carbocycles. The molecule has 1 amide bonds. The minimum absolute atomic E-state index is 0.278. The Hall–Kier alpha value is -0.570. The molecule has 1 aliphatic heterocycles. The monoisotopic (exact) mass is 210 g/mol. The van der Waals surface area contributed by atoms with E-state index < -0.39 is 0 Å². The highest BCUT2D eigenvalue weighted by atomic mass is 16.2. The van der Waals surface area contributed by atoms with Gasteiger partial charge < -0.3 is 10.2 Å². The molecule has 0 bridgehead atoms. The summed E-state index contributed by atoms with van der Waals surface area (Å²) in [7, 11) is 0. The molecule has 0 unspecified atom stereocenters. The first-order valence-corrected chi connectivity index (χ1v) is 6.14. The van der Waals surface area contributed by atoms with Crippen LogP contribution in [0, 0.1) is 5.92 Å². The van der Waals surface area contributed by atoms with Gasteiger partial charge in [0, 0.05) is 19.6 Å². The predicted octanol–water partition coefficient (Wildman–Crippen LogP) is 1.39. The van der Waals surface area contributed by atoms with Crippen molar-refractivity contribution in [1.82, 2.24) is 10.2 Å². The van der Waals surface area contributed by atoms with Gasteiger partial charge in [-0.25, -0.2) is 0 Å². The maximum Gasteiger partial charge on any atom is 0.242 e. The Balaban J connectivity index is 1.93. The first kappa shape index (κ1) is 10.9. The van der Waals surface area contributed by atoms with Crippen LogP contribution in [0.5, 0.6) is 0 Å². The summed E-state index contributed by atoms with van der Waals surface area (Å²) in [5, 5.41) is 3.27. The predicted molar refractivity (Wildman–Crippen MR) is 60.6 cm³/mol. The van der Waals surface area contributed by atoms with Gasteiger partial charge in [-0.05, 0) is 32.6 Å². The van der Waals surface area contributed by atoms with Crippen molar-refractivity contribution in [3.63, 3.8) is 0 Å². The lowest BCUT2D eigenvalue weighted by Gasteiger charge is -2.39. The summed E-state index contributed by atoms with van der Waals surface area (Å²) in [6.07, 6.45) is 5.35. The van der Waals surface area contributed by atoms with E-state index in [9.17, 15) is 4.79 Å². The average Bonchev–Trinajstić information content (AvgIpc) is 2.65. The van der Waals surface area contributed by atoms with Crippen LogP contribution in [-0.4, -0.2) is 36.0 Å². The van der Waals surface area contributed by atoms with E-state index in [-0.39, 0.29) is 11.4 Å². The van der Waals surface area contributed by atoms with E-state index in [0.717, 1.165) is 25.6 Å². The van der Waals surface area contributed by atoms with E-state index in [0.29, 0.717) is 0 Å². The Morgan fingerprint density at radius 1 is 1.40 bits per heavy atom. The lowest BCUT2D eigenvalue weighted by atomic mass is 9.99. The van der Waals surface area contributed by atoms with Crippen LogP contribution < -0.4 is 5.32 Å². The van der Waals surface area contributed by atoms with Crippen molar-refractivity contribution in [2.24, 2.45) is 5.92 Å². The summed E-state index contributed by atoms with van der Waals surface area (Å²) < 4.78 is 0. The number of amides is 1. The quantitative estimate of drug-likeness (QED) is 0.747. The summed E-state index contributed by atoms with van der Waals surface area (Å²) >= 11 is 0. The van der Waals surface area contributed by atoms with Gasteiger partial charge in [-0.2, -0.15) is 0 Å². The van der Waals surface area contributed by atoms with Crippen molar-refractivity contribution in [2.75, 3.05) is 19.6 Å². The third-order valence-corrected chi connectivity index (χ3v) is 3.72. The van der Waals surface area contributed by atoms with Gasteiger partial charge in [0.15, 0.2) is 0 Å². The van der Waals surface area contributed by atoms with Gasteiger partial charge in [0.2, 0.25) is 5.91 Å². The lowest BCUT2D eigenvalue weighted by Crippen LogP contribution is -2.61. The third-order valence-electron chi connectivity index (χ3n) is 3.72. The second-order valence-electron chi connectivity index (χ2n) is 5.45. The Labute approximate surface area is 92.2 Å². The molecule has 1 N–H and O–H groups in total. The van der Waals surface area contributed by atoms with E-state index in [1.165, 1.54) is 25.7 Å². The van der Waals surface area contributed by atoms with Crippen molar-refractivity contribution in [3.8, 4) is 0 Å². The lowest BCUT2D eigenvalue weighted by molar-refractivity contribution is -0.140. The maximum atomic E-state index is 12.1. The van der Waals surface area contributed by atoms with Gasteiger partial charge in [0.05, 0.1) is 5.54 Å². The van der Waals surface area contributed by atoms with Crippen molar-refractivity contribution in [2.45, 2.75) is 45.1 Å². The molecule has 0 spiro atoms. The zero-order chi connectivity index (χ0) is 10.9. The van der Waals surface area contributed by atoms with Crippen LogP contribution in [0.3, 0.4) is 0 Å². The third kappa shape index (κ3) is 2.33. The summed E-state index contributed by atoms with van der Waals surface area (Å²) in [6.45, 7) is 6.78. The number of rotatable bonds is 2. The van der Waals surface area contributed by atoms with E-state index in [1.54, 1.807) is 0 Å². The van der Waals surface area contributed by atoms with E-state index in [1.807, 2.05) is 13.8 Å². The van der Waals surface area contributed by atoms with Crippen LogP contribution in [0.2, 0.25) is 0 Å². The van der Waals surface area contributed by atoms with Crippen molar-refractivity contribution in [1.29, 1.82) is 0 Å². The molecule has 86 valence electrons. The number of carbonyl (C=O) groups is 1. The van der Waals surface area contributed by atoms with Gasteiger partial charge >= 0.3 is 0 Å². The van der Waals surface area contributed by atoms with Crippen molar-refractivity contribution >= 4 is 5.91 Å². The van der Waals surface area contributed by atoms with Crippen molar-refractivity contribution < 1.29 is 4.79 Å². The Kier molecular flexibility index (Phi) is 3.01. The molecule has 0 atom stereocenters. The molecule has 3 heteroatoms. The van der Waals surface area contributed by atoms with Gasteiger partial charge in [0.1, 0.15) is 0 Å². The smallest absolute Gasteiger partial charge is 0.242 e. The van der Waals surface area contributed by atoms with Crippen LogP contribution in [0.15, 0.2) is 0 Å². The fraction of sp³-hybridized carbons (Fsp3) is 0.917. The van der Waals surface area contributed by atoms with E-state index in [2.05, 4.69) is 10.2 Å². The minimum atomic E-state index is -0.350. The Bertz CT molecular complexity index is 244. The maximum absolute atomic E-state index is 12.1. The molecule has 2 rings (SSSR count). The molecular weight excluding hydrogens is 188 g/mol. The Morgan fingerprint density at radius 3 is 2.73 bits per heavy atom. The summed E-state index contributed by atoms with van der Waals surface area (Å²) in [6, 6.07) is 0. The fourth-order valence-electron chi connectivity index (χ4n) is 2.75. The second kappa shape index (κ2) is 4.12. The van der Waals surface area contributed by atoms with Gasteiger partial charge in [-0.15, -0.1) is 0 Å². The number of piperazine rings is 1. The molecule has 15 heavy (non-hydrogen) atoms. The van der Waals surface area contributed by atoms with E-state index >= 15 is 0 Å². The fourth-order valence-corrected chi connectivity index (χ4v) is 2.75. The van der Waals surface area contributed by atoms with Gasteiger partial charge in [0.25, 0.3) is 0 Å². The highest BCUT2D eigenvalue weighted by Gasteiger charge is 2.36. The van der Waals surface area contributed by atoms with Crippen LogP contribution in [0.1, 0.15) is 39.5 Å². The van der Waals surface area contributed by atoms with Gasteiger partial charge in [-0.1, -0.05) is 12.8 Å². The van der Waals surface area contributed by atoms with Crippen molar-refractivity contribution in [3.05, 3.63) is 0 Å². The summed E-state index contributed by atoms with van der Waals surface area (Å²) in [4.78, 5) is 14.2. The molecular formula is C12H22N2O. The van der Waals surface area contributed by atoms with Gasteiger partial charge in [-0.3, -0.25) is 4.79 Å². The number of hydrogen-bond donors (Lipinski definition) is 1. The Morgan fingerprint density at radius 2 is 2.07 bits per heavy atom. The molecule has 1 heterocycles. The molecule has 2 aliphatic rings. The zero-order valence-corrected chi connectivity index (χ0v) is 9.88. The largest absolute Gasteiger partial charge is 0.340 e. The standard InChI is InChI=1S/C12H22N2O/c1-12(2)11(15)14(8-7-13-12)9-10-5-3-4-6-10/h10,13H,3-9H2,1-2H3.